The second-order valence-corrected chi connectivity index (χ2v) is 10.3. The van der Waals surface area contributed by atoms with E-state index in [1.54, 1.807) is 0 Å². The molecule has 0 saturated carbocycles. The molecule has 3 rings (SSSR count). The summed E-state index contributed by atoms with van der Waals surface area (Å²) >= 11 is 3.93. The first-order valence-electron chi connectivity index (χ1n) is 9.40. The highest BCUT2D eigenvalue weighted by atomic mass is 32.2. The first-order chi connectivity index (χ1) is 12.5. The van der Waals surface area contributed by atoms with Crippen LogP contribution in [0.2, 0.25) is 0 Å². The Bertz CT molecular complexity index is 534. The Morgan fingerprint density at radius 2 is 1.96 bits per heavy atom. The molecule has 2 heterocycles. The predicted molar refractivity (Wildman–Crippen MR) is 108 cm³/mol. The van der Waals surface area contributed by atoms with E-state index < -0.39 is 5.79 Å². The van der Waals surface area contributed by atoms with Crippen LogP contribution in [0.15, 0.2) is 30.3 Å². The summed E-state index contributed by atoms with van der Waals surface area (Å²) < 4.78 is 18.4. The molecule has 1 aromatic carbocycles. The number of benzene rings is 1. The SMILES string of the molecule is CC1(C)OC[C@H]([C@H](C[C@@H](O)CC2SCCCS2)OCc2ccccc2)O1. The average molecular weight is 399 g/mol. The molecule has 0 amide bonds. The molecule has 146 valence electrons. The minimum atomic E-state index is -0.584. The molecule has 4 nitrogen and oxygen atoms in total. The Labute approximate surface area is 165 Å². The number of rotatable bonds is 8. The summed E-state index contributed by atoms with van der Waals surface area (Å²) in [5.41, 5.74) is 1.13. The van der Waals surface area contributed by atoms with Gasteiger partial charge in [0.15, 0.2) is 5.79 Å². The largest absolute Gasteiger partial charge is 0.393 e. The van der Waals surface area contributed by atoms with E-state index >= 15 is 0 Å². The third kappa shape index (κ3) is 6.43. The van der Waals surface area contributed by atoms with Crippen molar-refractivity contribution < 1.29 is 19.3 Å². The number of thioether (sulfide) groups is 2. The Balaban J connectivity index is 1.56. The molecular formula is C20H30O4S2. The standard InChI is InChI=1S/C20H30O4S2/c1-20(2)23-14-18(24-20)17(22-13-15-7-4-3-5-8-15)11-16(21)12-19-25-9-6-10-26-19/h3-5,7-8,16-19,21H,6,9-14H2,1-2H3/t16-,17+,18-/m1/s1. The van der Waals surface area contributed by atoms with Crippen LogP contribution in [0.25, 0.3) is 0 Å². The zero-order chi connectivity index (χ0) is 18.4. The zero-order valence-electron chi connectivity index (χ0n) is 15.6. The van der Waals surface area contributed by atoms with E-state index in [1.807, 2.05) is 55.6 Å². The van der Waals surface area contributed by atoms with Gasteiger partial charge in [0.1, 0.15) is 6.10 Å². The van der Waals surface area contributed by atoms with Crippen molar-refractivity contribution in [3.05, 3.63) is 35.9 Å². The fourth-order valence-corrected chi connectivity index (χ4v) is 6.27. The molecule has 0 radical (unpaired) electrons. The predicted octanol–water partition coefficient (Wildman–Crippen LogP) is 4.06. The first-order valence-corrected chi connectivity index (χ1v) is 11.5. The minimum absolute atomic E-state index is 0.143. The average Bonchev–Trinajstić information content (AvgIpc) is 3.00. The fraction of sp³-hybridized carbons (Fsp3) is 0.700. The maximum absolute atomic E-state index is 10.7. The molecule has 2 saturated heterocycles. The van der Waals surface area contributed by atoms with Crippen molar-refractivity contribution in [1.82, 2.24) is 0 Å². The fourth-order valence-electron chi connectivity index (χ4n) is 3.26. The van der Waals surface area contributed by atoms with Gasteiger partial charge in [-0.2, -0.15) is 0 Å². The van der Waals surface area contributed by atoms with Gasteiger partial charge in [-0.1, -0.05) is 30.3 Å². The van der Waals surface area contributed by atoms with Crippen molar-refractivity contribution in [3.8, 4) is 0 Å². The quantitative estimate of drug-likeness (QED) is 0.713. The van der Waals surface area contributed by atoms with Crippen molar-refractivity contribution in [2.24, 2.45) is 0 Å². The van der Waals surface area contributed by atoms with Crippen molar-refractivity contribution in [1.29, 1.82) is 0 Å². The number of hydrogen-bond donors (Lipinski definition) is 1. The second-order valence-electron chi connectivity index (χ2n) is 7.35. The van der Waals surface area contributed by atoms with E-state index in [2.05, 4.69) is 12.1 Å². The third-order valence-corrected chi connectivity index (χ3v) is 7.61. The molecule has 1 N–H and O–H groups in total. The van der Waals surface area contributed by atoms with Crippen LogP contribution < -0.4 is 0 Å². The summed E-state index contributed by atoms with van der Waals surface area (Å²) in [5.74, 6) is 1.82. The van der Waals surface area contributed by atoms with Crippen LogP contribution in [0.3, 0.4) is 0 Å². The maximum atomic E-state index is 10.7. The third-order valence-electron chi connectivity index (χ3n) is 4.62. The molecule has 2 aliphatic rings. The first kappa shape index (κ1) is 20.5. The van der Waals surface area contributed by atoms with Gasteiger partial charge < -0.3 is 19.3 Å². The summed E-state index contributed by atoms with van der Waals surface area (Å²) in [4.78, 5) is 0. The molecule has 2 aliphatic heterocycles. The van der Waals surface area contributed by atoms with Crippen LogP contribution >= 0.6 is 23.5 Å². The lowest BCUT2D eigenvalue weighted by Crippen LogP contribution is -2.36. The molecule has 0 aromatic heterocycles. The number of ether oxygens (including phenoxy) is 3. The van der Waals surface area contributed by atoms with Gasteiger partial charge in [0.2, 0.25) is 0 Å². The molecule has 3 atom stereocenters. The van der Waals surface area contributed by atoms with Crippen molar-refractivity contribution in [2.75, 3.05) is 18.1 Å². The van der Waals surface area contributed by atoms with Crippen LogP contribution in [0, 0.1) is 0 Å². The lowest BCUT2D eigenvalue weighted by atomic mass is 10.0. The van der Waals surface area contributed by atoms with E-state index in [-0.39, 0.29) is 18.3 Å². The Kier molecular flexibility index (Phi) is 7.73. The van der Waals surface area contributed by atoms with Gasteiger partial charge in [0.25, 0.3) is 0 Å². The maximum Gasteiger partial charge on any atom is 0.163 e. The number of aliphatic hydroxyl groups is 1. The summed E-state index contributed by atoms with van der Waals surface area (Å²) in [5, 5.41) is 10.7. The van der Waals surface area contributed by atoms with E-state index in [9.17, 15) is 5.11 Å². The van der Waals surface area contributed by atoms with Gasteiger partial charge in [-0.25, -0.2) is 0 Å². The summed E-state index contributed by atoms with van der Waals surface area (Å²) in [7, 11) is 0. The molecule has 0 bridgehead atoms. The second kappa shape index (κ2) is 9.80. The van der Waals surface area contributed by atoms with E-state index in [0.29, 0.717) is 24.2 Å². The summed E-state index contributed by atoms with van der Waals surface area (Å²) in [6.07, 6.45) is 1.95. The van der Waals surface area contributed by atoms with Gasteiger partial charge in [-0.3, -0.25) is 0 Å². The van der Waals surface area contributed by atoms with Gasteiger partial charge in [-0.15, -0.1) is 23.5 Å². The Morgan fingerprint density at radius 3 is 2.62 bits per heavy atom. The van der Waals surface area contributed by atoms with Crippen LogP contribution in [-0.4, -0.2) is 51.9 Å². The zero-order valence-corrected chi connectivity index (χ0v) is 17.3. The van der Waals surface area contributed by atoms with Crippen LogP contribution in [-0.2, 0) is 20.8 Å². The van der Waals surface area contributed by atoms with E-state index in [0.717, 1.165) is 12.0 Å². The molecular weight excluding hydrogens is 368 g/mol. The molecule has 0 unspecified atom stereocenters. The Morgan fingerprint density at radius 1 is 1.23 bits per heavy atom. The topological polar surface area (TPSA) is 47.9 Å². The Hall–Kier alpha value is -0.240. The smallest absolute Gasteiger partial charge is 0.163 e. The minimum Gasteiger partial charge on any atom is -0.393 e. The van der Waals surface area contributed by atoms with Crippen LogP contribution in [0.1, 0.15) is 38.7 Å². The summed E-state index contributed by atoms with van der Waals surface area (Å²) in [6.45, 7) is 4.87. The normalized spacial score (nSPS) is 25.9. The van der Waals surface area contributed by atoms with Crippen molar-refractivity contribution in [3.63, 3.8) is 0 Å². The molecule has 2 fully saturated rings. The molecule has 0 aliphatic carbocycles. The summed E-state index contributed by atoms with van der Waals surface area (Å²) in [6, 6.07) is 10.1. The lowest BCUT2D eigenvalue weighted by Gasteiger charge is -2.28. The highest BCUT2D eigenvalue weighted by molar-refractivity contribution is 8.17. The van der Waals surface area contributed by atoms with E-state index in [1.165, 1.54) is 17.9 Å². The molecule has 1 aromatic rings. The van der Waals surface area contributed by atoms with Gasteiger partial charge >= 0.3 is 0 Å². The number of aliphatic hydroxyl groups excluding tert-OH is 1. The number of hydrogen-bond acceptors (Lipinski definition) is 6. The van der Waals surface area contributed by atoms with E-state index in [4.69, 9.17) is 14.2 Å². The molecule has 26 heavy (non-hydrogen) atoms. The van der Waals surface area contributed by atoms with Crippen molar-refractivity contribution >= 4 is 23.5 Å². The molecule has 6 heteroatoms. The van der Waals surface area contributed by atoms with Gasteiger partial charge in [-0.05, 0) is 43.8 Å². The van der Waals surface area contributed by atoms with Gasteiger partial charge in [0.05, 0.1) is 30.0 Å². The van der Waals surface area contributed by atoms with Gasteiger partial charge in [0, 0.05) is 6.42 Å². The van der Waals surface area contributed by atoms with Crippen LogP contribution in [0.4, 0.5) is 0 Å². The van der Waals surface area contributed by atoms with Crippen molar-refractivity contribution in [2.45, 2.75) is 68.4 Å². The molecule has 0 spiro atoms. The highest BCUT2D eigenvalue weighted by Crippen LogP contribution is 2.35. The lowest BCUT2D eigenvalue weighted by molar-refractivity contribution is -0.161. The van der Waals surface area contributed by atoms with Crippen LogP contribution in [0.5, 0.6) is 0 Å². The highest BCUT2D eigenvalue weighted by Gasteiger charge is 2.39. The monoisotopic (exact) mass is 398 g/mol.